The Hall–Kier alpha value is -5.18. The van der Waals surface area contributed by atoms with Crippen LogP contribution in [-0.4, -0.2) is 86.7 Å². The number of carboxylic acid groups (broad SMARTS) is 2. The first-order valence-electron chi connectivity index (χ1n) is 15.7. The van der Waals surface area contributed by atoms with Crippen LogP contribution in [0, 0.1) is 5.92 Å². The van der Waals surface area contributed by atoms with Crippen LogP contribution in [0.5, 0.6) is 11.5 Å². The number of carbonyl (C=O) groups is 6. The average molecular weight is 672 g/mol. The van der Waals surface area contributed by atoms with Crippen molar-refractivity contribution in [2.24, 2.45) is 11.7 Å². The summed E-state index contributed by atoms with van der Waals surface area (Å²) >= 11 is 0. The van der Waals surface area contributed by atoms with Gasteiger partial charge in [-0.1, -0.05) is 50.6 Å². The molecule has 262 valence electrons. The fourth-order valence-electron chi connectivity index (χ4n) is 4.78. The van der Waals surface area contributed by atoms with E-state index in [0.717, 1.165) is 12.1 Å². The van der Waals surface area contributed by atoms with E-state index in [4.69, 9.17) is 10.8 Å². The first-order chi connectivity index (χ1) is 22.8. The van der Waals surface area contributed by atoms with E-state index < -0.39 is 77.8 Å². The molecule has 0 saturated carbocycles. The molecule has 10 N–H and O–H groups in total. The van der Waals surface area contributed by atoms with Gasteiger partial charge in [-0.3, -0.25) is 24.0 Å². The Kier molecular flexibility index (Phi) is 15.8. The van der Waals surface area contributed by atoms with Crippen molar-refractivity contribution in [3.63, 3.8) is 0 Å². The van der Waals surface area contributed by atoms with Gasteiger partial charge < -0.3 is 47.4 Å². The Balaban J connectivity index is 2.33. The molecule has 0 aliphatic carbocycles. The summed E-state index contributed by atoms with van der Waals surface area (Å²) < 4.78 is 0. The molecule has 2 rings (SSSR count). The van der Waals surface area contributed by atoms with Crippen LogP contribution in [0.2, 0.25) is 0 Å². The van der Waals surface area contributed by atoms with Crippen molar-refractivity contribution in [2.75, 3.05) is 6.54 Å². The van der Waals surface area contributed by atoms with Gasteiger partial charge in [-0.05, 0) is 61.9 Å². The minimum Gasteiger partial charge on any atom is -0.508 e. The number of hydrogen-bond donors (Lipinski definition) is 9. The molecule has 0 unspecified atom stereocenters. The quantitative estimate of drug-likeness (QED) is 0.0709. The average Bonchev–Trinajstić information content (AvgIpc) is 3.05. The van der Waals surface area contributed by atoms with Gasteiger partial charge in [0.25, 0.3) is 5.91 Å². The van der Waals surface area contributed by atoms with Crippen molar-refractivity contribution in [3.05, 3.63) is 59.7 Å². The van der Waals surface area contributed by atoms with Crippen LogP contribution in [0.15, 0.2) is 48.5 Å². The zero-order valence-corrected chi connectivity index (χ0v) is 27.0. The number of amides is 4. The van der Waals surface area contributed by atoms with Crippen molar-refractivity contribution in [3.8, 4) is 11.5 Å². The Bertz CT molecular complexity index is 1420. The number of unbranched alkanes of at least 4 members (excludes halogenated alkanes) is 1. The van der Waals surface area contributed by atoms with Crippen molar-refractivity contribution in [1.82, 2.24) is 21.3 Å². The molecule has 0 aromatic heterocycles. The molecular weight excluding hydrogens is 626 g/mol. The molecule has 0 spiro atoms. The van der Waals surface area contributed by atoms with Gasteiger partial charge in [-0.2, -0.15) is 0 Å². The predicted octanol–water partition coefficient (Wildman–Crippen LogP) is 1.02. The zero-order valence-electron chi connectivity index (χ0n) is 27.0. The maximum Gasteiger partial charge on any atom is 0.326 e. The van der Waals surface area contributed by atoms with Crippen LogP contribution in [0.1, 0.15) is 68.3 Å². The summed E-state index contributed by atoms with van der Waals surface area (Å²) in [5, 5.41) is 48.6. The third kappa shape index (κ3) is 12.5. The Morgan fingerprint density at radius 2 is 1.42 bits per heavy atom. The minimum absolute atomic E-state index is 0.0456. The molecule has 0 fully saturated rings. The number of carbonyl (C=O) groups excluding carboxylic acids is 4. The molecular formula is C33H45N5O10. The summed E-state index contributed by atoms with van der Waals surface area (Å²) in [6.07, 6.45) is 0.588. The summed E-state index contributed by atoms with van der Waals surface area (Å²) in [5.74, 6) is -7.01. The van der Waals surface area contributed by atoms with Crippen LogP contribution in [-0.2, 0) is 30.4 Å². The van der Waals surface area contributed by atoms with Gasteiger partial charge in [-0.25, -0.2) is 4.79 Å². The predicted molar refractivity (Wildman–Crippen MR) is 174 cm³/mol. The number of nitrogens with two attached hydrogens (primary N) is 1. The third-order valence-electron chi connectivity index (χ3n) is 7.76. The fraction of sp³-hybridized carbons (Fsp3) is 0.455. The third-order valence-corrected chi connectivity index (χ3v) is 7.76. The molecule has 15 nitrogen and oxygen atoms in total. The van der Waals surface area contributed by atoms with Crippen molar-refractivity contribution < 1.29 is 49.2 Å². The van der Waals surface area contributed by atoms with E-state index in [1.807, 2.05) is 0 Å². The molecule has 0 aliphatic heterocycles. The van der Waals surface area contributed by atoms with E-state index in [9.17, 15) is 44.1 Å². The van der Waals surface area contributed by atoms with E-state index >= 15 is 0 Å². The monoisotopic (exact) mass is 671 g/mol. The van der Waals surface area contributed by atoms with Gasteiger partial charge in [0, 0.05) is 12.8 Å². The standard InChI is InChI=1S/C33H45N5O10/c1-3-19(2)28(38-30(44)23(11-7-8-16-34)35-29(43)22-18-21(39)12-14-26(22)40)32(46)37-25(17-20-9-5-4-6-10-20)31(45)36-24(33(47)48)13-15-27(41)42/h4-6,9-10,12,14,18-19,23-25,28,39-40H,3,7-8,11,13,15-17,34H2,1-2H3,(H,35,43)(H,36,45)(H,37,46)(H,38,44)(H,41,42)(H,47,48)/t19-,23-,24-,25-,28-/m0/s1. The highest BCUT2D eigenvalue weighted by Crippen LogP contribution is 2.22. The molecule has 0 aliphatic rings. The Morgan fingerprint density at radius 1 is 0.771 bits per heavy atom. The molecule has 0 radical (unpaired) electrons. The fourth-order valence-corrected chi connectivity index (χ4v) is 4.78. The largest absolute Gasteiger partial charge is 0.508 e. The first kappa shape index (κ1) is 39.0. The lowest BCUT2D eigenvalue weighted by Gasteiger charge is -2.29. The number of aromatic hydroxyl groups is 2. The van der Waals surface area contributed by atoms with E-state index in [-0.39, 0.29) is 30.6 Å². The molecule has 15 heteroatoms. The summed E-state index contributed by atoms with van der Waals surface area (Å²) in [7, 11) is 0. The van der Waals surface area contributed by atoms with Crippen molar-refractivity contribution in [1.29, 1.82) is 0 Å². The number of carboxylic acids is 2. The maximum absolute atomic E-state index is 13.8. The molecule has 48 heavy (non-hydrogen) atoms. The van der Waals surface area contributed by atoms with Gasteiger partial charge in [-0.15, -0.1) is 0 Å². The normalized spacial score (nSPS) is 14.0. The summed E-state index contributed by atoms with van der Waals surface area (Å²) in [5.41, 5.74) is 5.98. The Labute approximate surface area is 278 Å². The highest BCUT2D eigenvalue weighted by molar-refractivity contribution is 6.00. The summed E-state index contributed by atoms with van der Waals surface area (Å²) in [6.45, 7) is 3.82. The lowest BCUT2D eigenvalue weighted by atomic mass is 9.96. The van der Waals surface area contributed by atoms with Gasteiger partial charge in [0.2, 0.25) is 17.7 Å². The number of rotatable bonds is 20. The van der Waals surface area contributed by atoms with Crippen molar-refractivity contribution in [2.45, 2.75) is 83.0 Å². The highest BCUT2D eigenvalue weighted by Gasteiger charge is 2.34. The second-order valence-electron chi connectivity index (χ2n) is 11.5. The molecule has 2 aromatic rings. The van der Waals surface area contributed by atoms with Gasteiger partial charge >= 0.3 is 11.9 Å². The lowest BCUT2D eigenvalue weighted by molar-refractivity contribution is -0.143. The summed E-state index contributed by atoms with van der Waals surface area (Å²) in [4.78, 5) is 76.5. The second kappa shape index (κ2) is 19.5. The smallest absolute Gasteiger partial charge is 0.326 e. The van der Waals surface area contributed by atoms with Crippen molar-refractivity contribution >= 4 is 35.6 Å². The van der Waals surface area contributed by atoms with E-state index in [0.29, 0.717) is 31.4 Å². The van der Waals surface area contributed by atoms with Gasteiger partial charge in [0.1, 0.15) is 35.7 Å². The second-order valence-corrected chi connectivity index (χ2v) is 11.5. The van der Waals surface area contributed by atoms with E-state index in [1.165, 1.54) is 6.07 Å². The van der Waals surface area contributed by atoms with Gasteiger partial charge in [0.15, 0.2) is 0 Å². The lowest BCUT2D eigenvalue weighted by Crippen LogP contribution is -2.59. The summed E-state index contributed by atoms with van der Waals surface area (Å²) in [6, 6.07) is 6.77. The minimum atomic E-state index is -1.53. The molecule has 0 heterocycles. The number of phenols is 2. The number of benzene rings is 2. The zero-order chi connectivity index (χ0) is 35.8. The van der Waals surface area contributed by atoms with Crippen LogP contribution in [0.25, 0.3) is 0 Å². The Morgan fingerprint density at radius 3 is 2.02 bits per heavy atom. The molecule has 4 amide bonds. The van der Waals surface area contributed by atoms with E-state index in [1.54, 1.807) is 44.2 Å². The van der Waals surface area contributed by atoms with E-state index in [2.05, 4.69) is 21.3 Å². The molecule has 2 aromatic carbocycles. The van der Waals surface area contributed by atoms with Crippen LogP contribution in [0.4, 0.5) is 0 Å². The number of aliphatic carboxylic acids is 2. The number of hydrogen-bond acceptors (Lipinski definition) is 9. The number of phenolic OH excluding ortho intramolecular Hbond substituents is 2. The molecule has 0 saturated heterocycles. The highest BCUT2D eigenvalue weighted by atomic mass is 16.4. The SMILES string of the molecule is CC[C@H](C)[C@H](NC(=O)[C@H](CCCCN)NC(=O)c1cc(O)ccc1O)C(=O)N[C@@H](Cc1ccccc1)C(=O)N[C@@H](CCC(=O)O)C(=O)O. The topological polar surface area (TPSA) is 257 Å². The first-order valence-corrected chi connectivity index (χ1v) is 15.7. The van der Waals surface area contributed by atoms with Crippen LogP contribution < -0.4 is 27.0 Å². The van der Waals surface area contributed by atoms with Gasteiger partial charge in [0.05, 0.1) is 5.56 Å². The maximum atomic E-state index is 13.8. The van der Waals surface area contributed by atoms with Crippen LogP contribution >= 0.6 is 0 Å². The number of nitrogens with one attached hydrogen (secondary N) is 4. The van der Waals surface area contributed by atoms with Crippen LogP contribution in [0.3, 0.4) is 0 Å². The molecule has 0 bridgehead atoms. The molecule has 5 atom stereocenters.